The number of nitrogens with zero attached hydrogens (tertiary/aromatic N) is 2. The van der Waals surface area contributed by atoms with E-state index in [0.29, 0.717) is 25.2 Å². The van der Waals surface area contributed by atoms with Crippen molar-refractivity contribution in [1.29, 1.82) is 0 Å². The first kappa shape index (κ1) is 16.0. The van der Waals surface area contributed by atoms with Crippen LogP contribution in [0, 0.1) is 6.92 Å². The fourth-order valence-electron chi connectivity index (χ4n) is 2.39. The zero-order valence-corrected chi connectivity index (χ0v) is 13.6. The number of carboxylic acids is 1. The molecule has 114 valence electrons. The van der Waals surface area contributed by atoms with Gasteiger partial charge in [0.05, 0.1) is 6.42 Å². The molecule has 1 aliphatic rings. The summed E-state index contributed by atoms with van der Waals surface area (Å²) in [6.07, 6.45) is 0.153. The first-order valence-electron chi connectivity index (χ1n) is 6.97. The molecular weight excluding hydrogens is 336 g/mol. The molecule has 5 nitrogen and oxygen atoms in total. The van der Waals surface area contributed by atoms with Gasteiger partial charge < -0.3 is 10.0 Å². The quantitative estimate of drug-likeness (QED) is 0.898. The summed E-state index contributed by atoms with van der Waals surface area (Å²) in [7, 11) is 0. The molecule has 1 saturated heterocycles. The summed E-state index contributed by atoms with van der Waals surface area (Å²) >= 11 is 3.43. The molecule has 0 atom stereocenters. The highest BCUT2D eigenvalue weighted by Crippen LogP contribution is 2.18. The van der Waals surface area contributed by atoms with E-state index in [0.717, 1.165) is 23.1 Å². The minimum Gasteiger partial charge on any atom is -0.481 e. The Kier molecular flexibility index (Phi) is 5.36. The van der Waals surface area contributed by atoms with E-state index >= 15 is 0 Å². The number of rotatable bonds is 4. The summed E-state index contributed by atoms with van der Waals surface area (Å²) < 4.78 is 0.998. The van der Waals surface area contributed by atoms with Crippen LogP contribution in [0.1, 0.15) is 22.3 Å². The normalized spacial score (nSPS) is 16.0. The first-order valence-corrected chi connectivity index (χ1v) is 7.76. The smallest absolute Gasteiger partial charge is 0.304 e. The number of carboxylic acid groups (broad SMARTS) is 1. The van der Waals surface area contributed by atoms with Crippen LogP contribution in [-0.2, 0) is 4.79 Å². The lowest BCUT2D eigenvalue weighted by atomic mass is 10.1. The predicted octanol–water partition coefficient (Wildman–Crippen LogP) is 1.99. The number of piperazine rings is 1. The lowest BCUT2D eigenvalue weighted by molar-refractivity contribution is -0.137. The van der Waals surface area contributed by atoms with Gasteiger partial charge in [-0.25, -0.2) is 0 Å². The van der Waals surface area contributed by atoms with Gasteiger partial charge in [-0.1, -0.05) is 15.9 Å². The fraction of sp³-hybridized carbons (Fsp3) is 0.467. The largest absolute Gasteiger partial charge is 0.481 e. The van der Waals surface area contributed by atoms with Crippen molar-refractivity contribution in [3.05, 3.63) is 33.8 Å². The van der Waals surface area contributed by atoms with Gasteiger partial charge in [-0.3, -0.25) is 14.5 Å². The van der Waals surface area contributed by atoms with Gasteiger partial charge in [-0.2, -0.15) is 0 Å². The molecule has 0 spiro atoms. The summed E-state index contributed by atoms with van der Waals surface area (Å²) in [6, 6.07) is 5.62. The average molecular weight is 355 g/mol. The number of amides is 1. The molecule has 1 aromatic rings. The maximum absolute atomic E-state index is 12.4. The zero-order chi connectivity index (χ0) is 15.4. The van der Waals surface area contributed by atoms with E-state index in [1.807, 2.05) is 30.0 Å². The maximum atomic E-state index is 12.4. The van der Waals surface area contributed by atoms with Crippen LogP contribution in [0.15, 0.2) is 22.7 Å². The molecule has 0 aliphatic carbocycles. The van der Waals surface area contributed by atoms with Crippen molar-refractivity contribution in [2.45, 2.75) is 13.3 Å². The van der Waals surface area contributed by atoms with Crippen molar-refractivity contribution >= 4 is 27.8 Å². The van der Waals surface area contributed by atoms with Gasteiger partial charge in [0, 0.05) is 42.8 Å². The van der Waals surface area contributed by atoms with Gasteiger partial charge in [-0.05, 0) is 30.7 Å². The Morgan fingerprint density at radius 2 is 1.90 bits per heavy atom. The second-order valence-corrected chi connectivity index (χ2v) is 6.10. The van der Waals surface area contributed by atoms with Crippen LogP contribution >= 0.6 is 15.9 Å². The number of aryl methyl sites for hydroxylation is 1. The summed E-state index contributed by atoms with van der Waals surface area (Å²) in [5.41, 5.74) is 1.75. The molecule has 1 amide bonds. The van der Waals surface area contributed by atoms with Crippen molar-refractivity contribution in [1.82, 2.24) is 9.80 Å². The van der Waals surface area contributed by atoms with Crippen LogP contribution in [0.5, 0.6) is 0 Å². The predicted molar refractivity (Wildman–Crippen MR) is 83.5 cm³/mol. The first-order chi connectivity index (χ1) is 9.97. The molecule has 0 saturated carbocycles. The molecule has 6 heteroatoms. The Bertz CT molecular complexity index is 540. The highest BCUT2D eigenvalue weighted by Gasteiger charge is 2.22. The van der Waals surface area contributed by atoms with Crippen molar-refractivity contribution in [3.8, 4) is 0 Å². The van der Waals surface area contributed by atoms with E-state index in [-0.39, 0.29) is 12.3 Å². The third kappa shape index (κ3) is 4.28. The van der Waals surface area contributed by atoms with Crippen molar-refractivity contribution < 1.29 is 14.7 Å². The van der Waals surface area contributed by atoms with Gasteiger partial charge in [0.15, 0.2) is 0 Å². The number of halogens is 1. The molecule has 1 aliphatic heterocycles. The van der Waals surface area contributed by atoms with Crippen LogP contribution in [0.2, 0.25) is 0 Å². The van der Waals surface area contributed by atoms with E-state index < -0.39 is 5.97 Å². The summed E-state index contributed by atoms with van der Waals surface area (Å²) in [5.74, 6) is -0.734. The van der Waals surface area contributed by atoms with Crippen molar-refractivity contribution in [2.24, 2.45) is 0 Å². The molecule has 2 rings (SSSR count). The molecule has 1 heterocycles. The van der Waals surface area contributed by atoms with Crippen LogP contribution in [0.4, 0.5) is 0 Å². The number of hydrogen-bond acceptors (Lipinski definition) is 3. The minimum absolute atomic E-state index is 0.0449. The van der Waals surface area contributed by atoms with Crippen LogP contribution in [0.3, 0.4) is 0 Å². The third-order valence-corrected chi connectivity index (χ3v) is 4.60. The van der Waals surface area contributed by atoms with Crippen LogP contribution in [-0.4, -0.2) is 59.5 Å². The van der Waals surface area contributed by atoms with E-state index in [2.05, 4.69) is 20.8 Å². The lowest BCUT2D eigenvalue weighted by Gasteiger charge is -2.34. The van der Waals surface area contributed by atoms with E-state index in [4.69, 9.17) is 5.11 Å². The lowest BCUT2D eigenvalue weighted by Crippen LogP contribution is -2.49. The summed E-state index contributed by atoms with van der Waals surface area (Å²) in [5, 5.41) is 8.69. The van der Waals surface area contributed by atoms with Crippen LogP contribution in [0.25, 0.3) is 0 Å². The third-order valence-electron chi connectivity index (χ3n) is 3.71. The van der Waals surface area contributed by atoms with Crippen molar-refractivity contribution in [3.63, 3.8) is 0 Å². The molecule has 0 aromatic heterocycles. The molecule has 21 heavy (non-hydrogen) atoms. The minimum atomic E-state index is -0.779. The Balaban J connectivity index is 1.90. The Morgan fingerprint density at radius 3 is 2.48 bits per heavy atom. The van der Waals surface area contributed by atoms with Gasteiger partial charge in [-0.15, -0.1) is 0 Å². The second-order valence-electron chi connectivity index (χ2n) is 5.24. The summed E-state index contributed by atoms with van der Waals surface area (Å²) in [4.78, 5) is 26.9. The van der Waals surface area contributed by atoms with Gasteiger partial charge >= 0.3 is 5.97 Å². The Morgan fingerprint density at radius 1 is 1.24 bits per heavy atom. The zero-order valence-electron chi connectivity index (χ0n) is 12.0. The van der Waals surface area contributed by atoms with Gasteiger partial charge in [0.25, 0.3) is 5.91 Å². The van der Waals surface area contributed by atoms with Crippen LogP contribution < -0.4 is 0 Å². The monoisotopic (exact) mass is 354 g/mol. The SMILES string of the molecule is Cc1cc(C(=O)N2CCN(CCC(=O)O)CC2)ccc1Br. The standard InChI is InChI=1S/C15H19BrN2O3/c1-11-10-12(2-3-13(11)16)15(21)18-8-6-17(7-9-18)5-4-14(19)20/h2-3,10H,4-9H2,1H3,(H,19,20). The van der Waals surface area contributed by atoms with E-state index in [9.17, 15) is 9.59 Å². The van der Waals surface area contributed by atoms with E-state index in [1.165, 1.54) is 0 Å². The Hall–Kier alpha value is -1.40. The number of carbonyl (C=O) groups excluding carboxylic acids is 1. The maximum Gasteiger partial charge on any atom is 0.304 e. The molecule has 0 radical (unpaired) electrons. The molecular formula is C15H19BrN2O3. The number of benzene rings is 1. The van der Waals surface area contributed by atoms with Gasteiger partial charge in [0.2, 0.25) is 0 Å². The molecule has 0 unspecified atom stereocenters. The van der Waals surface area contributed by atoms with Gasteiger partial charge in [0.1, 0.15) is 0 Å². The van der Waals surface area contributed by atoms with Crippen molar-refractivity contribution in [2.75, 3.05) is 32.7 Å². The molecule has 1 aromatic carbocycles. The number of aliphatic carboxylic acids is 1. The second kappa shape index (κ2) is 7.04. The molecule has 1 N–H and O–H groups in total. The number of hydrogen-bond donors (Lipinski definition) is 1. The average Bonchev–Trinajstić information content (AvgIpc) is 2.48. The molecule has 0 bridgehead atoms. The summed E-state index contributed by atoms with van der Waals surface area (Å²) in [6.45, 7) is 5.27. The number of carbonyl (C=O) groups is 2. The Labute approximate surface area is 132 Å². The fourth-order valence-corrected chi connectivity index (χ4v) is 2.64. The van der Waals surface area contributed by atoms with E-state index in [1.54, 1.807) is 0 Å². The highest BCUT2D eigenvalue weighted by atomic mass is 79.9. The highest BCUT2D eigenvalue weighted by molar-refractivity contribution is 9.10. The topological polar surface area (TPSA) is 60.9 Å². The molecule has 1 fully saturated rings.